The number of hydrogen-bond acceptors (Lipinski definition) is 3. The van der Waals surface area contributed by atoms with E-state index < -0.39 is 0 Å². The molecule has 3 rings (SSSR count). The molecule has 0 aromatic heterocycles. The van der Waals surface area contributed by atoms with Crippen LogP contribution < -0.4 is 5.73 Å². The van der Waals surface area contributed by atoms with Crippen LogP contribution in [0.15, 0.2) is 24.3 Å². The minimum Gasteiger partial charge on any atom is -0.328 e. The van der Waals surface area contributed by atoms with Crippen molar-refractivity contribution in [3.05, 3.63) is 35.6 Å². The van der Waals surface area contributed by atoms with Gasteiger partial charge in [-0.05, 0) is 94.8 Å². The molecule has 1 aliphatic carbocycles. The smallest absolute Gasteiger partial charge is 0.166 e. The molecule has 1 aliphatic heterocycles. The third-order valence-corrected chi connectivity index (χ3v) is 5.83. The fraction of sp³-hybridized carbons (Fsp3) is 0.650. The van der Waals surface area contributed by atoms with Gasteiger partial charge in [0.2, 0.25) is 0 Å². The van der Waals surface area contributed by atoms with Gasteiger partial charge in [0.05, 0.1) is 0 Å². The molecule has 0 spiro atoms. The van der Waals surface area contributed by atoms with Gasteiger partial charge in [-0.25, -0.2) is 4.39 Å². The van der Waals surface area contributed by atoms with Gasteiger partial charge in [-0.3, -0.25) is 4.79 Å². The SMILES string of the molecule is Cl.N[C@H]1CC[C@H](CCN2CCC(C(=O)c3ccc(F)cc3)CC2)CC1. The third-order valence-electron chi connectivity index (χ3n) is 5.83. The summed E-state index contributed by atoms with van der Waals surface area (Å²) in [6.07, 6.45) is 8.03. The van der Waals surface area contributed by atoms with Crippen LogP contribution in [-0.2, 0) is 0 Å². The highest BCUT2D eigenvalue weighted by molar-refractivity contribution is 5.97. The van der Waals surface area contributed by atoms with Gasteiger partial charge in [-0.15, -0.1) is 12.4 Å². The summed E-state index contributed by atoms with van der Waals surface area (Å²) in [6, 6.07) is 6.39. The maximum atomic E-state index is 13.0. The van der Waals surface area contributed by atoms with Crippen molar-refractivity contribution in [3.63, 3.8) is 0 Å². The number of hydrogen-bond donors (Lipinski definition) is 1. The van der Waals surface area contributed by atoms with E-state index in [4.69, 9.17) is 5.73 Å². The number of piperidine rings is 1. The molecule has 0 atom stereocenters. The van der Waals surface area contributed by atoms with Crippen LogP contribution in [0, 0.1) is 17.7 Å². The zero-order valence-corrected chi connectivity index (χ0v) is 15.6. The number of rotatable bonds is 5. The van der Waals surface area contributed by atoms with E-state index >= 15 is 0 Å². The fourth-order valence-corrected chi connectivity index (χ4v) is 4.11. The van der Waals surface area contributed by atoms with Crippen molar-refractivity contribution in [2.75, 3.05) is 19.6 Å². The van der Waals surface area contributed by atoms with Gasteiger partial charge in [-0.1, -0.05) is 0 Å². The molecular formula is C20H30ClFN2O. The molecule has 2 aliphatic rings. The van der Waals surface area contributed by atoms with Crippen LogP contribution in [0.1, 0.15) is 55.3 Å². The monoisotopic (exact) mass is 368 g/mol. The molecule has 2 fully saturated rings. The average molecular weight is 369 g/mol. The number of nitrogens with two attached hydrogens (primary N) is 1. The highest BCUT2D eigenvalue weighted by Gasteiger charge is 2.26. The molecule has 140 valence electrons. The highest BCUT2D eigenvalue weighted by Crippen LogP contribution is 2.27. The zero-order chi connectivity index (χ0) is 16.9. The second-order valence-electron chi connectivity index (χ2n) is 7.56. The van der Waals surface area contributed by atoms with Crippen LogP contribution in [-0.4, -0.2) is 36.4 Å². The summed E-state index contributed by atoms with van der Waals surface area (Å²) in [4.78, 5) is 15.0. The Morgan fingerprint density at radius 1 is 1.04 bits per heavy atom. The standard InChI is InChI=1S/C20H29FN2O.ClH/c21-18-5-3-16(4-6-18)20(24)17-10-13-23(14-11-17)12-9-15-1-7-19(22)8-2-15;/h3-6,15,17,19H,1-2,7-14,22H2;1H/t15-,19-;. The first kappa shape index (κ1) is 20.3. The quantitative estimate of drug-likeness (QED) is 0.797. The topological polar surface area (TPSA) is 46.3 Å². The minimum absolute atomic E-state index is 0. The molecule has 5 heteroatoms. The Labute approximate surface area is 156 Å². The molecule has 0 amide bonds. The second kappa shape index (κ2) is 9.65. The van der Waals surface area contributed by atoms with Crippen LogP contribution in [0.3, 0.4) is 0 Å². The molecule has 0 radical (unpaired) electrons. The molecule has 3 nitrogen and oxygen atoms in total. The number of halogens is 2. The summed E-state index contributed by atoms with van der Waals surface area (Å²) in [5.41, 5.74) is 6.62. The highest BCUT2D eigenvalue weighted by atomic mass is 35.5. The van der Waals surface area contributed by atoms with Crippen molar-refractivity contribution in [2.24, 2.45) is 17.6 Å². The van der Waals surface area contributed by atoms with Crippen LogP contribution >= 0.6 is 12.4 Å². The molecule has 1 saturated carbocycles. The Kier molecular flexibility index (Phi) is 7.85. The molecule has 1 aromatic carbocycles. The lowest BCUT2D eigenvalue weighted by Gasteiger charge is -2.33. The summed E-state index contributed by atoms with van der Waals surface area (Å²) in [7, 11) is 0. The largest absolute Gasteiger partial charge is 0.328 e. The summed E-state index contributed by atoms with van der Waals surface area (Å²) in [5, 5.41) is 0. The Morgan fingerprint density at radius 2 is 1.64 bits per heavy atom. The molecular weight excluding hydrogens is 339 g/mol. The molecule has 1 heterocycles. The van der Waals surface area contributed by atoms with Crippen molar-refractivity contribution in [2.45, 2.75) is 51.0 Å². The van der Waals surface area contributed by atoms with Gasteiger partial charge < -0.3 is 10.6 Å². The van der Waals surface area contributed by atoms with E-state index in [9.17, 15) is 9.18 Å². The lowest BCUT2D eigenvalue weighted by molar-refractivity contribution is 0.0833. The van der Waals surface area contributed by atoms with Gasteiger partial charge in [-0.2, -0.15) is 0 Å². The Hall–Kier alpha value is -0.970. The molecule has 1 saturated heterocycles. The summed E-state index contributed by atoms with van der Waals surface area (Å²) >= 11 is 0. The van der Waals surface area contributed by atoms with Crippen molar-refractivity contribution in [1.82, 2.24) is 4.90 Å². The number of likely N-dealkylation sites (tertiary alicyclic amines) is 1. The van der Waals surface area contributed by atoms with Crippen molar-refractivity contribution < 1.29 is 9.18 Å². The first-order valence-corrected chi connectivity index (χ1v) is 9.39. The Morgan fingerprint density at radius 3 is 2.24 bits per heavy atom. The summed E-state index contributed by atoms with van der Waals surface area (Å²) in [6.45, 7) is 3.16. The number of carbonyl (C=O) groups is 1. The van der Waals surface area contributed by atoms with Gasteiger partial charge >= 0.3 is 0 Å². The van der Waals surface area contributed by atoms with E-state index in [2.05, 4.69) is 4.90 Å². The van der Waals surface area contributed by atoms with Crippen molar-refractivity contribution in [1.29, 1.82) is 0 Å². The van der Waals surface area contributed by atoms with E-state index in [0.717, 1.165) is 38.4 Å². The molecule has 1 aromatic rings. The van der Waals surface area contributed by atoms with Gasteiger partial charge in [0.15, 0.2) is 5.78 Å². The predicted molar refractivity (Wildman–Crippen MR) is 102 cm³/mol. The average Bonchev–Trinajstić information content (AvgIpc) is 2.62. The normalized spacial score (nSPS) is 25.4. The first-order chi connectivity index (χ1) is 11.6. The lowest BCUT2D eigenvalue weighted by atomic mass is 9.84. The number of Topliss-reactive ketones (excluding diaryl/α,β-unsaturated/α-hetero) is 1. The number of nitrogens with zero attached hydrogens (tertiary/aromatic N) is 1. The van der Waals surface area contributed by atoms with Gasteiger partial charge in [0.25, 0.3) is 0 Å². The molecule has 0 unspecified atom stereocenters. The van der Waals surface area contributed by atoms with Crippen LogP contribution in [0.2, 0.25) is 0 Å². The zero-order valence-electron chi connectivity index (χ0n) is 14.8. The maximum Gasteiger partial charge on any atom is 0.166 e. The first-order valence-electron chi connectivity index (χ1n) is 9.39. The Balaban J connectivity index is 0.00000225. The van der Waals surface area contributed by atoms with Gasteiger partial charge in [0.1, 0.15) is 5.82 Å². The molecule has 25 heavy (non-hydrogen) atoms. The maximum absolute atomic E-state index is 13.0. The predicted octanol–water partition coefficient (Wildman–Crippen LogP) is 4.05. The Bertz CT molecular complexity index is 535. The fourth-order valence-electron chi connectivity index (χ4n) is 4.11. The van der Waals surface area contributed by atoms with E-state index in [1.807, 2.05) is 0 Å². The number of carbonyl (C=O) groups excluding carboxylic acids is 1. The lowest BCUT2D eigenvalue weighted by Crippen LogP contribution is -2.38. The van der Waals surface area contributed by atoms with Crippen molar-refractivity contribution >= 4 is 18.2 Å². The number of ketones is 1. The summed E-state index contributed by atoms with van der Waals surface area (Å²) in [5.74, 6) is 0.823. The summed E-state index contributed by atoms with van der Waals surface area (Å²) < 4.78 is 13.0. The van der Waals surface area contributed by atoms with Crippen LogP contribution in [0.25, 0.3) is 0 Å². The van der Waals surface area contributed by atoms with Crippen molar-refractivity contribution in [3.8, 4) is 0 Å². The van der Waals surface area contributed by atoms with E-state index in [1.54, 1.807) is 12.1 Å². The number of benzene rings is 1. The van der Waals surface area contributed by atoms with Gasteiger partial charge in [0, 0.05) is 17.5 Å². The van der Waals surface area contributed by atoms with E-state index in [-0.39, 0.29) is 29.9 Å². The third kappa shape index (κ3) is 5.77. The van der Waals surface area contributed by atoms with E-state index in [1.165, 1.54) is 44.2 Å². The van der Waals surface area contributed by atoms with E-state index in [0.29, 0.717) is 11.6 Å². The molecule has 2 N–H and O–H groups in total. The van der Waals surface area contributed by atoms with Crippen LogP contribution in [0.5, 0.6) is 0 Å². The van der Waals surface area contributed by atoms with Crippen LogP contribution in [0.4, 0.5) is 4.39 Å². The minimum atomic E-state index is -0.287. The molecule has 0 bridgehead atoms. The second-order valence-corrected chi connectivity index (χ2v) is 7.56.